The number of nitrogens with one attached hydrogen (secondary N) is 1. The van der Waals surface area contributed by atoms with Gasteiger partial charge in [0.2, 0.25) is 12.7 Å². The standard InChI is InChI=1S/C34H37N3O6.Ac/c1-17-12-21-13-24-34(41)37-23(29(36(24)4)27(21)31(40)18(17)2)14-22-28(33-32(42-16-43-33)19(3)30(22)39)25(37)15-35-26(38)11-10-20-8-6-5-7-9-20;/h5-12,23-25,29,34,39-41H,13-16H2,1-4H3,(H,35,38);/b11-10+;/t23?,24-,25-,29-,34-;/m0./s1. The van der Waals surface area contributed by atoms with E-state index in [2.05, 4.69) is 21.2 Å². The molecular formula is C34H37AcN3O6. The maximum atomic E-state index is 13.1. The summed E-state index contributed by atoms with van der Waals surface area (Å²) in [6.07, 6.45) is 3.38. The van der Waals surface area contributed by atoms with E-state index < -0.39 is 12.3 Å². The van der Waals surface area contributed by atoms with Crippen molar-refractivity contribution in [2.75, 3.05) is 20.4 Å². The Kier molecular flexibility index (Phi) is 8.53. The van der Waals surface area contributed by atoms with E-state index in [9.17, 15) is 20.1 Å². The summed E-state index contributed by atoms with van der Waals surface area (Å²) >= 11 is 0. The van der Waals surface area contributed by atoms with Gasteiger partial charge in [0.15, 0.2) is 11.5 Å². The fraction of sp³-hybridized carbons (Fsp3) is 0.382. The summed E-state index contributed by atoms with van der Waals surface area (Å²) < 4.78 is 11.8. The number of likely N-dealkylation sites (N-methyl/N-ethyl adjacent to an activating group) is 1. The van der Waals surface area contributed by atoms with Crippen LogP contribution < -0.4 is 14.8 Å². The summed E-state index contributed by atoms with van der Waals surface area (Å²) in [6.45, 7) is 5.94. The maximum absolute atomic E-state index is 13.1. The minimum atomic E-state index is -0.875. The fourth-order valence-corrected chi connectivity index (χ4v) is 7.71. The first-order valence-corrected chi connectivity index (χ1v) is 14.8. The Bertz CT molecular complexity index is 1660. The van der Waals surface area contributed by atoms with Crippen LogP contribution in [-0.4, -0.2) is 69.7 Å². The van der Waals surface area contributed by atoms with Crippen LogP contribution in [0.1, 0.15) is 56.6 Å². The molecule has 1 amide bonds. The first-order chi connectivity index (χ1) is 20.7. The van der Waals surface area contributed by atoms with Gasteiger partial charge >= 0.3 is 0 Å². The van der Waals surface area contributed by atoms with E-state index in [0.29, 0.717) is 29.9 Å². The molecule has 1 saturated heterocycles. The van der Waals surface area contributed by atoms with Gasteiger partial charge in [-0.15, -0.1) is 0 Å². The van der Waals surface area contributed by atoms with Gasteiger partial charge in [0.25, 0.3) is 0 Å². The molecule has 4 heterocycles. The van der Waals surface area contributed by atoms with Crippen LogP contribution in [0.2, 0.25) is 0 Å². The third-order valence-electron chi connectivity index (χ3n) is 9.99. The van der Waals surface area contributed by atoms with E-state index >= 15 is 0 Å². The van der Waals surface area contributed by atoms with Crippen molar-refractivity contribution in [1.29, 1.82) is 0 Å². The molecule has 4 aliphatic heterocycles. The molecule has 0 spiro atoms. The Balaban J connectivity index is 0.00000343. The van der Waals surface area contributed by atoms with Crippen molar-refractivity contribution in [3.05, 3.63) is 87.0 Å². The summed E-state index contributed by atoms with van der Waals surface area (Å²) in [6, 6.07) is 10.4. The van der Waals surface area contributed by atoms with E-state index in [1.165, 1.54) is 6.08 Å². The van der Waals surface area contributed by atoms with Gasteiger partial charge in [-0.2, -0.15) is 0 Å². The van der Waals surface area contributed by atoms with Crippen molar-refractivity contribution in [1.82, 2.24) is 15.1 Å². The molecule has 2 bridgehead atoms. The smallest absolute Gasteiger partial charge is 0.244 e. The SMILES string of the molecule is Cc1cc2c(c(O)c1C)[C@@H]1C3Cc4c(O)c(C)c5c(c4[C@H](CNC(=O)/C=C/c4ccccc4)N3[C@@H](O)[C@H](C2)N1C)OCO5.[Ac]. The number of phenols is 2. The first kappa shape index (κ1) is 31.4. The molecule has 4 aliphatic rings. The average Bonchev–Trinajstić information content (AvgIpc) is 3.49. The monoisotopic (exact) mass is 810 g/mol. The van der Waals surface area contributed by atoms with Gasteiger partial charge in [0.05, 0.1) is 18.1 Å². The predicted octanol–water partition coefficient (Wildman–Crippen LogP) is 3.78. The van der Waals surface area contributed by atoms with Gasteiger partial charge in [-0.1, -0.05) is 36.4 Å². The Morgan fingerprint density at radius 2 is 1.73 bits per heavy atom. The average molecular weight is 811 g/mol. The van der Waals surface area contributed by atoms with E-state index in [1.54, 1.807) is 6.08 Å². The number of aliphatic hydroxyl groups is 1. The number of nitrogens with zero attached hydrogens (tertiary/aromatic N) is 2. The number of benzene rings is 3. The van der Waals surface area contributed by atoms with E-state index in [4.69, 9.17) is 9.47 Å². The molecule has 10 heteroatoms. The molecule has 1 fully saturated rings. The van der Waals surface area contributed by atoms with Crippen LogP contribution >= 0.6 is 0 Å². The third kappa shape index (κ3) is 4.85. The molecule has 0 aromatic heterocycles. The molecule has 3 aromatic rings. The summed E-state index contributed by atoms with van der Waals surface area (Å²) in [4.78, 5) is 17.3. The molecule has 44 heavy (non-hydrogen) atoms. The zero-order chi connectivity index (χ0) is 30.2. The molecular weight excluding hydrogens is 773 g/mol. The second kappa shape index (κ2) is 12.0. The van der Waals surface area contributed by atoms with Crippen LogP contribution in [0.5, 0.6) is 23.0 Å². The van der Waals surface area contributed by atoms with E-state index in [1.807, 2.05) is 58.2 Å². The minimum Gasteiger partial charge on any atom is -0.507 e. The van der Waals surface area contributed by atoms with Crippen LogP contribution in [0.15, 0.2) is 42.5 Å². The summed E-state index contributed by atoms with van der Waals surface area (Å²) in [5.74, 6) is 1.20. The number of piperazine rings is 1. The normalized spacial score (nSPS) is 25.2. The molecule has 3 aromatic carbocycles. The van der Waals surface area contributed by atoms with Gasteiger partial charge < -0.3 is 30.1 Å². The van der Waals surface area contributed by atoms with Crippen LogP contribution in [0.25, 0.3) is 6.08 Å². The summed E-state index contributed by atoms with van der Waals surface area (Å²) in [5, 5.41) is 38.1. The second-order valence-electron chi connectivity index (χ2n) is 12.2. The van der Waals surface area contributed by atoms with Crippen LogP contribution in [0.4, 0.5) is 0 Å². The van der Waals surface area contributed by atoms with Gasteiger partial charge in [0.1, 0.15) is 17.7 Å². The number of phenolic OH excluding ortho intramolecular Hbond substituents is 2. The number of hydrogen-bond donors (Lipinski definition) is 4. The molecule has 0 saturated carbocycles. The summed E-state index contributed by atoms with van der Waals surface area (Å²) in [7, 11) is 2.00. The number of aliphatic hydroxyl groups excluding tert-OH is 1. The van der Waals surface area contributed by atoms with Crippen molar-refractivity contribution in [3.8, 4) is 23.0 Å². The number of rotatable bonds is 4. The molecule has 1 radical (unpaired) electrons. The summed E-state index contributed by atoms with van der Waals surface area (Å²) in [5.41, 5.74) is 6.74. The maximum Gasteiger partial charge on any atom is 0.244 e. The van der Waals surface area contributed by atoms with E-state index in [0.717, 1.165) is 38.9 Å². The third-order valence-corrected chi connectivity index (χ3v) is 9.99. The van der Waals surface area contributed by atoms with Crippen LogP contribution in [-0.2, 0) is 17.6 Å². The molecule has 5 atom stereocenters. The zero-order valence-corrected chi connectivity index (χ0v) is 30.1. The number of amides is 1. The van der Waals surface area contributed by atoms with Gasteiger partial charge in [-0.05, 0) is 69.0 Å². The number of hydrogen-bond acceptors (Lipinski definition) is 8. The minimum absolute atomic E-state index is 0. The fourth-order valence-electron chi connectivity index (χ4n) is 7.71. The number of carbonyl (C=O) groups excluding carboxylic acids is 1. The Morgan fingerprint density at radius 1 is 1.00 bits per heavy atom. The molecule has 4 N–H and O–H groups in total. The number of aromatic hydroxyl groups is 2. The molecule has 1 unspecified atom stereocenters. The van der Waals surface area contributed by atoms with Crippen LogP contribution in [0.3, 0.4) is 0 Å². The van der Waals surface area contributed by atoms with E-state index in [-0.39, 0.29) is 92.9 Å². The quantitative estimate of drug-likeness (QED) is 0.295. The molecule has 0 aliphatic carbocycles. The Morgan fingerprint density at radius 3 is 2.48 bits per heavy atom. The Labute approximate surface area is 293 Å². The van der Waals surface area contributed by atoms with Crippen molar-refractivity contribution in [2.24, 2.45) is 0 Å². The zero-order valence-electron chi connectivity index (χ0n) is 25.4. The topological polar surface area (TPSA) is 115 Å². The van der Waals surface area contributed by atoms with Gasteiger partial charge in [0, 0.05) is 85.0 Å². The van der Waals surface area contributed by atoms with Crippen molar-refractivity contribution >= 4 is 12.0 Å². The van der Waals surface area contributed by atoms with Gasteiger partial charge in [-0.25, -0.2) is 0 Å². The van der Waals surface area contributed by atoms with Crippen molar-refractivity contribution < 1.29 is 73.7 Å². The second-order valence-corrected chi connectivity index (χ2v) is 12.2. The largest absolute Gasteiger partial charge is 0.507 e. The molecule has 9 nitrogen and oxygen atoms in total. The molecule has 227 valence electrons. The number of aryl methyl sites for hydroxylation is 1. The number of fused-ring (bicyclic) bond motifs is 9. The predicted molar refractivity (Wildman–Crippen MR) is 161 cm³/mol. The van der Waals surface area contributed by atoms with Crippen LogP contribution in [0, 0.1) is 64.8 Å². The Hall–Kier alpha value is -2.61. The van der Waals surface area contributed by atoms with Crippen molar-refractivity contribution in [3.63, 3.8) is 0 Å². The molecule has 7 rings (SSSR count). The number of carbonyl (C=O) groups is 1. The number of ether oxygens (including phenoxy) is 2. The van der Waals surface area contributed by atoms with Gasteiger partial charge in [-0.3, -0.25) is 14.6 Å². The first-order valence-electron chi connectivity index (χ1n) is 14.8. The van der Waals surface area contributed by atoms with Crippen molar-refractivity contribution in [2.45, 2.75) is 64.0 Å².